The largest absolute Gasteiger partial charge is 0.328 e. The Labute approximate surface area is 73.6 Å². The third kappa shape index (κ3) is 2.01. The smallest absolute Gasteiger partial charge is 0.0956 e. The molecule has 0 aliphatic heterocycles. The summed E-state index contributed by atoms with van der Waals surface area (Å²) in [7, 11) is 1.96. The molecule has 4 heteroatoms. The number of nitrogens with two attached hydrogens (primary N) is 1. The lowest BCUT2D eigenvalue weighted by Crippen LogP contribution is -2.20. The molecule has 0 aromatic carbocycles. The minimum atomic E-state index is 0.0399. The summed E-state index contributed by atoms with van der Waals surface area (Å²) in [5.41, 5.74) is 5.46. The molecular formula is C8H18N4. The van der Waals surface area contributed by atoms with Crippen molar-refractivity contribution in [2.24, 2.45) is 16.0 Å². The molecule has 0 aromatic rings. The summed E-state index contributed by atoms with van der Waals surface area (Å²) in [5, 5.41) is 11.6. The standard InChI is InChI=1S/C8H18N4/c1-6(5-9)11-12-8(2)4-7(8)10-3/h6-7,10H,4-5,9H2,1-3H3. The van der Waals surface area contributed by atoms with Crippen LogP contribution in [0, 0.1) is 0 Å². The van der Waals surface area contributed by atoms with Crippen molar-refractivity contribution in [3.63, 3.8) is 0 Å². The summed E-state index contributed by atoms with van der Waals surface area (Å²) in [4.78, 5) is 0. The summed E-state index contributed by atoms with van der Waals surface area (Å²) in [6, 6.07) is 0.658. The second-order valence-corrected chi connectivity index (χ2v) is 3.70. The zero-order valence-electron chi connectivity index (χ0n) is 8.04. The number of nitrogens with one attached hydrogen (secondary N) is 1. The van der Waals surface area contributed by atoms with Gasteiger partial charge in [-0.3, -0.25) is 0 Å². The Hall–Kier alpha value is -0.480. The number of hydrogen-bond donors (Lipinski definition) is 2. The molecule has 0 aromatic heterocycles. The highest BCUT2D eigenvalue weighted by atomic mass is 15.2. The van der Waals surface area contributed by atoms with Crippen LogP contribution >= 0.6 is 0 Å². The van der Waals surface area contributed by atoms with Crippen molar-refractivity contribution in [3.05, 3.63) is 0 Å². The first-order valence-corrected chi connectivity index (χ1v) is 4.41. The quantitative estimate of drug-likeness (QED) is 0.605. The zero-order valence-corrected chi connectivity index (χ0v) is 8.04. The SMILES string of the molecule is CNC1CC1(C)N=NC(C)CN. The van der Waals surface area contributed by atoms with Crippen LogP contribution in [-0.4, -0.2) is 31.2 Å². The zero-order chi connectivity index (χ0) is 9.19. The van der Waals surface area contributed by atoms with E-state index in [9.17, 15) is 0 Å². The normalized spacial score (nSPS) is 37.2. The van der Waals surface area contributed by atoms with Gasteiger partial charge in [-0.2, -0.15) is 10.2 Å². The van der Waals surface area contributed by atoms with Crippen LogP contribution in [0.3, 0.4) is 0 Å². The summed E-state index contributed by atoms with van der Waals surface area (Å²) in [6.07, 6.45) is 1.09. The molecule has 1 aliphatic rings. The average Bonchev–Trinajstić information content (AvgIpc) is 2.74. The maximum Gasteiger partial charge on any atom is 0.0956 e. The highest BCUT2D eigenvalue weighted by molar-refractivity contribution is 5.11. The lowest BCUT2D eigenvalue weighted by Gasteiger charge is -2.04. The van der Waals surface area contributed by atoms with Crippen LogP contribution in [0.4, 0.5) is 0 Å². The lowest BCUT2D eigenvalue weighted by atomic mass is 10.3. The van der Waals surface area contributed by atoms with Gasteiger partial charge in [0.15, 0.2) is 0 Å². The van der Waals surface area contributed by atoms with Crippen LogP contribution in [0.15, 0.2) is 10.2 Å². The molecule has 3 unspecified atom stereocenters. The van der Waals surface area contributed by atoms with Crippen molar-refractivity contribution in [3.8, 4) is 0 Å². The number of nitrogens with zero attached hydrogens (tertiary/aromatic N) is 2. The molecule has 4 nitrogen and oxygen atoms in total. The van der Waals surface area contributed by atoms with E-state index in [2.05, 4.69) is 22.5 Å². The predicted molar refractivity (Wildman–Crippen MR) is 49.2 cm³/mol. The molecule has 70 valence electrons. The van der Waals surface area contributed by atoms with E-state index < -0.39 is 0 Å². The fraction of sp³-hybridized carbons (Fsp3) is 1.00. The van der Waals surface area contributed by atoms with Gasteiger partial charge in [-0.15, -0.1) is 0 Å². The van der Waals surface area contributed by atoms with Gasteiger partial charge in [-0.05, 0) is 27.3 Å². The van der Waals surface area contributed by atoms with E-state index in [1.165, 1.54) is 0 Å². The van der Waals surface area contributed by atoms with Crippen LogP contribution in [0.2, 0.25) is 0 Å². The predicted octanol–water partition coefficient (Wildman–Crippen LogP) is 0.536. The van der Waals surface area contributed by atoms with Crippen LogP contribution in [0.5, 0.6) is 0 Å². The van der Waals surface area contributed by atoms with Gasteiger partial charge in [0.2, 0.25) is 0 Å². The molecular weight excluding hydrogens is 152 g/mol. The van der Waals surface area contributed by atoms with Gasteiger partial charge >= 0.3 is 0 Å². The monoisotopic (exact) mass is 170 g/mol. The van der Waals surface area contributed by atoms with Gasteiger partial charge in [0.05, 0.1) is 11.6 Å². The maximum atomic E-state index is 5.42. The first kappa shape index (κ1) is 9.61. The first-order chi connectivity index (χ1) is 5.62. The second-order valence-electron chi connectivity index (χ2n) is 3.70. The van der Waals surface area contributed by atoms with Gasteiger partial charge in [0, 0.05) is 12.6 Å². The molecule has 0 saturated heterocycles. The highest BCUT2D eigenvalue weighted by Crippen LogP contribution is 2.39. The molecule has 1 saturated carbocycles. The van der Waals surface area contributed by atoms with E-state index in [0.717, 1.165) is 6.42 Å². The summed E-state index contributed by atoms with van der Waals surface area (Å²) < 4.78 is 0. The Kier molecular flexibility index (Phi) is 2.80. The Morgan fingerprint density at radius 3 is 2.83 bits per heavy atom. The van der Waals surface area contributed by atoms with Crippen molar-refractivity contribution in [2.75, 3.05) is 13.6 Å². The van der Waals surface area contributed by atoms with Gasteiger partial charge in [0.1, 0.15) is 0 Å². The molecule has 0 spiro atoms. The van der Waals surface area contributed by atoms with E-state index in [0.29, 0.717) is 12.6 Å². The molecule has 1 rings (SSSR count). The molecule has 1 fully saturated rings. The van der Waals surface area contributed by atoms with Gasteiger partial charge in [0.25, 0.3) is 0 Å². The summed E-state index contributed by atoms with van der Waals surface area (Å²) in [5.74, 6) is 0. The fourth-order valence-corrected chi connectivity index (χ4v) is 1.16. The highest BCUT2D eigenvalue weighted by Gasteiger charge is 2.50. The van der Waals surface area contributed by atoms with E-state index >= 15 is 0 Å². The Morgan fingerprint density at radius 1 is 1.75 bits per heavy atom. The van der Waals surface area contributed by atoms with Gasteiger partial charge in [-0.25, -0.2) is 0 Å². The Morgan fingerprint density at radius 2 is 2.42 bits per heavy atom. The first-order valence-electron chi connectivity index (χ1n) is 4.41. The van der Waals surface area contributed by atoms with E-state index in [-0.39, 0.29) is 11.6 Å². The third-order valence-corrected chi connectivity index (χ3v) is 2.38. The number of likely N-dealkylation sites (N-methyl/N-ethyl adjacent to an activating group) is 1. The van der Waals surface area contributed by atoms with Crippen molar-refractivity contribution in [1.82, 2.24) is 5.32 Å². The van der Waals surface area contributed by atoms with Crippen LogP contribution < -0.4 is 11.1 Å². The van der Waals surface area contributed by atoms with E-state index in [4.69, 9.17) is 5.73 Å². The fourth-order valence-electron chi connectivity index (χ4n) is 1.16. The minimum absolute atomic E-state index is 0.0399. The van der Waals surface area contributed by atoms with E-state index in [1.807, 2.05) is 14.0 Å². The summed E-state index contributed by atoms with van der Waals surface area (Å²) >= 11 is 0. The third-order valence-electron chi connectivity index (χ3n) is 2.38. The average molecular weight is 170 g/mol. The molecule has 0 radical (unpaired) electrons. The van der Waals surface area contributed by atoms with Gasteiger partial charge < -0.3 is 11.1 Å². The van der Waals surface area contributed by atoms with Crippen LogP contribution in [-0.2, 0) is 0 Å². The molecule has 0 heterocycles. The van der Waals surface area contributed by atoms with E-state index in [1.54, 1.807) is 0 Å². The lowest BCUT2D eigenvalue weighted by molar-refractivity contribution is 0.583. The van der Waals surface area contributed by atoms with Gasteiger partial charge in [-0.1, -0.05) is 0 Å². The number of rotatable bonds is 4. The van der Waals surface area contributed by atoms with Crippen molar-refractivity contribution in [1.29, 1.82) is 0 Å². The Balaban J connectivity index is 2.37. The Bertz CT molecular complexity index is 180. The van der Waals surface area contributed by atoms with Crippen LogP contribution in [0.1, 0.15) is 20.3 Å². The molecule has 3 N–H and O–H groups in total. The number of hydrogen-bond acceptors (Lipinski definition) is 4. The molecule has 12 heavy (non-hydrogen) atoms. The van der Waals surface area contributed by atoms with Crippen molar-refractivity contribution >= 4 is 0 Å². The van der Waals surface area contributed by atoms with Crippen LogP contribution in [0.25, 0.3) is 0 Å². The minimum Gasteiger partial charge on any atom is -0.328 e. The second kappa shape index (κ2) is 3.49. The molecule has 3 atom stereocenters. The van der Waals surface area contributed by atoms with Crippen molar-refractivity contribution < 1.29 is 0 Å². The molecule has 1 aliphatic carbocycles. The summed E-state index contributed by atoms with van der Waals surface area (Å²) in [6.45, 7) is 4.66. The topological polar surface area (TPSA) is 62.8 Å². The maximum absolute atomic E-state index is 5.42. The van der Waals surface area contributed by atoms with Crippen molar-refractivity contribution in [2.45, 2.75) is 37.9 Å². The molecule has 0 bridgehead atoms. The molecule has 0 amide bonds. The number of azo groups is 1.